The van der Waals surface area contributed by atoms with Crippen molar-refractivity contribution in [1.82, 2.24) is 4.98 Å². The quantitative estimate of drug-likeness (QED) is 0.919. The molecule has 1 heterocycles. The first-order valence-electron chi connectivity index (χ1n) is 6.55. The van der Waals surface area contributed by atoms with E-state index in [-0.39, 0.29) is 18.1 Å². The lowest BCUT2D eigenvalue weighted by Gasteiger charge is -2.12. The average Bonchev–Trinajstić information content (AvgIpc) is 2.41. The Kier molecular flexibility index (Phi) is 4.35. The second kappa shape index (κ2) is 6.01. The van der Waals surface area contributed by atoms with Gasteiger partial charge in [0.2, 0.25) is 0 Å². The lowest BCUT2D eigenvalue weighted by molar-refractivity contribution is 0.273. The zero-order valence-corrected chi connectivity index (χ0v) is 11.9. The first kappa shape index (κ1) is 14.5. The van der Waals surface area contributed by atoms with E-state index < -0.39 is 5.82 Å². The van der Waals surface area contributed by atoms with Crippen LogP contribution in [-0.4, -0.2) is 10.1 Å². The van der Waals surface area contributed by atoms with E-state index in [9.17, 15) is 4.39 Å². The summed E-state index contributed by atoms with van der Waals surface area (Å²) in [7, 11) is 0. The fraction of sp³-hybridized carbons (Fsp3) is 0.312. The largest absolute Gasteiger partial charge is 0.436 e. The molecule has 2 rings (SSSR count). The van der Waals surface area contributed by atoms with Crippen molar-refractivity contribution in [2.75, 3.05) is 0 Å². The van der Waals surface area contributed by atoms with Crippen molar-refractivity contribution in [2.24, 2.45) is 0 Å². The van der Waals surface area contributed by atoms with Crippen LogP contribution in [0, 0.1) is 12.7 Å². The van der Waals surface area contributed by atoms with E-state index in [1.54, 1.807) is 6.07 Å². The zero-order chi connectivity index (χ0) is 14.7. The predicted octanol–water partition coefficient (Wildman–Crippen LogP) is 3.94. The van der Waals surface area contributed by atoms with Crippen LogP contribution >= 0.6 is 0 Å². The molecule has 3 nitrogen and oxygen atoms in total. The maximum Gasteiger partial charge on any atom is 0.256 e. The first-order chi connectivity index (χ1) is 9.52. The van der Waals surface area contributed by atoms with Crippen LogP contribution in [0.2, 0.25) is 0 Å². The molecule has 0 atom stereocenters. The smallest absolute Gasteiger partial charge is 0.256 e. The van der Waals surface area contributed by atoms with E-state index in [2.05, 4.69) is 18.8 Å². The molecule has 1 N–H and O–H groups in total. The minimum atomic E-state index is -0.624. The second-order valence-electron chi connectivity index (χ2n) is 5.02. The molecular formula is C16H18FNO2. The number of aliphatic hydroxyl groups is 1. The molecule has 0 saturated carbocycles. The third-order valence-corrected chi connectivity index (χ3v) is 3.19. The summed E-state index contributed by atoms with van der Waals surface area (Å²) in [5.41, 5.74) is 2.50. The molecule has 0 saturated heterocycles. The van der Waals surface area contributed by atoms with Crippen molar-refractivity contribution in [3.8, 4) is 11.6 Å². The van der Waals surface area contributed by atoms with Gasteiger partial charge in [0.25, 0.3) is 5.88 Å². The van der Waals surface area contributed by atoms with Gasteiger partial charge in [0.05, 0.1) is 6.61 Å². The van der Waals surface area contributed by atoms with Crippen LogP contribution in [0.4, 0.5) is 4.39 Å². The van der Waals surface area contributed by atoms with Gasteiger partial charge >= 0.3 is 0 Å². The third kappa shape index (κ3) is 2.96. The standard InChI is InChI=1S/C16H18FNO2/c1-10(2)14-5-4-13(8-11(14)3)20-16-15(17)12(9-19)6-7-18-16/h4-8,10,19H,9H2,1-3H3. The van der Waals surface area contributed by atoms with Crippen molar-refractivity contribution < 1.29 is 14.2 Å². The minimum absolute atomic E-state index is 0.117. The predicted molar refractivity (Wildman–Crippen MR) is 75.5 cm³/mol. The summed E-state index contributed by atoms with van der Waals surface area (Å²) < 4.78 is 19.4. The Morgan fingerprint density at radius 1 is 1.30 bits per heavy atom. The van der Waals surface area contributed by atoms with E-state index in [0.29, 0.717) is 11.7 Å². The van der Waals surface area contributed by atoms with Gasteiger partial charge in [0, 0.05) is 11.8 Å². The van der Waals surface area contributed by atoms with Crippen LogP contribution in [0.5, 0.6) is 11.6 Å². The SMILES string of the molecule is Cc1cc(Oc2nccc(CO)c2F)ccc1C(C)C. The van der Waals surface area contributed by atoms with E-state index in [1.165, 1.54) is 17.8 Å². The Morgan fingerprint density at radius 2 is 2.05 bits per heavy atom. The number of rotatable bonds is 4. The molecule has 2 aromatic rings. The molecule has 1 aromatic heterocycles. The molecule has 0 aliphatic heterocycles. The molecular weight excluding hydrogens is 257 g/mol. The Morgan fingerprint density at radius 3 is 2.65 bits per heavy atom. The Labute approximate surface area is 118 Å². The lowest BCUT2D eigenvalue weighted by Crippen LogP contribution is -1.98. The Balaban J connectivity index is 2.29. The highest BCUT2D eigenvalue weighted by Gasteiger charge is 2.12. The fourth-order valence-corrected chi connectivity index (χ4v) is 2.13. The summed E-state index contributed by atoms with van der Waals surface area (Å²) in [5, 5.41) is 9.03. The highest BCUT2D eigenvalue weighted by Crippen LogP contribution is 2.28. The molecule has 0 bridgehead atoms. The second-order valence-corrected chi connectivity index (χ2v) is 5.02. The number of hydrogen-bond acceptors (Lipinski definition) is 3. The number of aromatic nitrogens is 1. The molecule has 0 aliphatic carbocycles. The number of hydrogen-bond donors (Lipinski definition) is 1. The van der Waals surface area contributed by atoms with Gasteiger partial charge in [-0.25, -0.2) is 9.37 Å². The average molecular weight is 275 g/mol. The monoisotopic (exact) mass is 275 g/mol. The molecule has 20 heavy (non-hydrogen) atoms. The summed E-state index contributed by atoms with van der Waals surface area (Å²) >= 11 is 0. The van der Waals surface area contributed by atoms with Gasteiger partial charge in [-0.3, -0.25) is 0 Å². The number of aryl methyl sites for hydroxylation is 1. The fourth-order valence-electron chi connectivity index (χ4n) is 2.13. The number of aliphatic hydroxyl groups excluding tert-OH is 1. The van der Waals surface area contributed by atoms with Crippen LogP contribution in [0.3, 0.4) is 0 Å². The van der Waals surface area contributed by atoms with Crippen LogP contribution in [-0.2, 0) is 6.61 Å². The summed E-state index contributed by atoms with van der Waals surface area (Å²) in [6.07, 6.45) is 1.42. The molecule has 4 heteroatoms. The molecule has 0 fully saturated rings. The Hall–Kier alpha value is -1.94. The van der Waals surface area contributed by atoms with Crippen LogP contribution < -0.4 is 4.74 Å². The van der Waals surface area contributed by atoms with Gasteiger partial charge in [0.1, 0.15) is 5.75 Å². The summed E-state index contributed by atoms with van der Waals surface area (Å²) in [6, 6.07) is 7.07. The van der Waals surface area contributed by atoms with E-state index in [0.717, 1.165) is 5.56 Å². The van der Waals surface area contributed by atoms with Crippen molar-refractivity contribution >= 4 is 0 Å². The maximum atomic E-state index is 13.9. The number of halogens is 1. The highest BCUT2D eigenvalue weighted by atomic mass is 19.1. The summed E-state index contributed by atoms with van der Waals surface area (Å²) in [6.45, 7) is 5.86. The zero-order valence-electron chi connectivity index (χ0n) is 11.9. The Bertz CT molecular complexity index is 611. The molecule has 0 aliphatic rings. The van der Waals surface area contributed by atoms with E-state index >= 15 is 0 Å². The van der Waals surface area contributed by atoms with Crippen molar-refractivity contribution in [3.05, 3.63) is 53.0 Å². The molecule has 0 spiro atoms. The molecule has 0 unspecified atom stereocenters. The highest BCUT2D eigenvalue weighted by molar-refractivity contribution is 5.38. The lowest BCUT2D eigenvalue weighted by atomic mass is 9.98. The first-order valence-corrected chi connectivity index (χ1v) is 6.55. The van der Waals surface area contributed by atoms with E-state index in [1.807, 2.05) is 19.1 Å². The molecule has 0 radical (unpaired) electrons. The minimum Gasteiger partial charge on any atom is -0.436 e. The van der Waals surface area contributed by atoms with Gasteiger partial charge in [-0.1, -0.05) is 19.9 Å². The van der Waals surface area contributed by atoms with Crippen molar-refractivity contribution in [2.45, 2.75) is 33.3 Å². The van der Waals surface area contributed by atoms with Gasteiger partial charge in [-0.15, -0.1) is 0 Å². The maximum absolute atomic E-state index is 13.9. The number of benzene rings is 1. The van der Waals surface area contributed by atoms with E-state index in [4.69, 9.17) is 9.84 Å². The van der Waals surface area contributed by atoms with Crippen LogP contribution in [0.15, 0.2) is 30.5 Å². The van der Waals surface area contributed by atoms with Crippen molar-refractivity contribution in [1.29, 1.82) is 0 Å². The number of nitrogens with zero attached hydrogens (tertiary/aromatic N) is 1. The summed E-state index contributed by atoms with van der Waals surface area (Å²) in [5.74, 6) is 0.221. The molecule has 106 valence electrons. The van der Waals surface area contributed by atoms with Crippen molar-refractivity contribution in [3.63, 3.8) is 0 Å². The topological polar surface area (TPSA) is 42.4 Å². The van der Waals surface area contributed by atoms with Gasteiger partial charge in [0.15, 0.2) is 5.82 Å². The van der Waals surface area contributed by atoms with Gasteiger partial charge in [-0.05, 0) is 42.2 Å². The summed E-state index contributed by atoms with van der Waals surface area (Å²) in [4.78, 5) is 3.86. The third-order valence-electron chi connectivity index (χ3n) is 3.19. The molecule has 0 amide bonds. The number of pyridine rings is 1. The van der Waals surface area contributed by atoms with Gasteiger partial charge in [-0.2, -0.15) is 0 Å². The molecule has 1 aromatic carbocycles. The van der Waals surface area contributed by atoms with Crippen LogP contribution in [0.25, 0.3) is 0 Å². The van der Waals surface area contributed by atoms with Crippen LogP contribution in [0.1, 0.15) is 36.5 Å². The normalized spacial score (nSPS) is 10.9. The van der Waals surface area contributed by atoms with Gasteiger partial charge < -0.3 is 9.84 Å². The number of ether oxygens (including phenoxy) is 1.